The fourth-order valence-electron chi connectivity index (χ4n) is 1.94. The largest absolute Gasteiger partial charge is 0.323 e. The summed E-state index contributed by atoms with van der Waals surface area (Å²) >= 11 is 1.70. The van der Waals surface area contributed by atoms with Gasteiger partial charge in [-0.3, -0.25) is 4.21 Å². The number of nitrogens with zero attached hydrogens (tertiary/aromatic N) is 2. The number of thioether (sulfide) groups is 1. The molecule has 1 aromatic carbocycles. The molecule has 1 atom stereocenters. The molecule has 1 aliphatic rings. The van der Waals surface area contributed by atoms with Crippen molar-refractivity contribution in [1.29, 1.82) is 0 Å². The maximum absolute atomic E-state index is 12.1. The van der Waals surface area contributed by atoms with Crippen LogP contribution in [0.2, 0.25) is 0 Å². The number of imidazole rings is 1. The topological polar surface area (TPSA) is 34.9 Å². The van der Waals surface area contributed by atoms with Crippen LogP contribution in [-0.2, 0) is 10.8 Å². The minimum atomic E-state index is -0.904. The Labute approximate surface area is 119 Å². The van der Waals surface area contributed by atoms with Gasteiger partial charge in [0.1, 0.15) is 0 Å². The number of hydrogen-bond donors (Lipinski definition) is 0. The molecule has 0 N–H and O–H groups in total. The molecule has 0 radical (unpaired) electrons. The van der Waals surface area contributed by atoms with Crippen molar-refractivity contribution in [1.82, 2.24) is 9.55 Å². The molecule has 1 aromatic heterocycles. The zero-order valence-corrected chi connectivity index (χ0v) is 12.2. The summed E-state index contributed by atoms with van der Waals surface area (Å²) in [6.45, 7) is 0. The van der Waals surface area contributed by atoms with Gasteiger partial charge in [0.2, 0.25) is 0 Å². The highest BCUT2D eigenvalue weighted by Crippen LogP contribution is 2.37. The van der Waals surface area contributed by atoms with Crippen molar-refractivity contribution in [3.8, 4) is 0 Å². The van der Waals surface area contributed by atoms with Gasteiger partial charge in [0.05, 0.1) is 10.8 Å². The van der Waals surface area contributed by atoms with Crippen LogP contribution < -0.4 is 0 Å². The van der Waals surface area contributed by atoms with E-state index in [2.05, 4.69) is 9.55 Å². The summed E-state index contributed by atoms with van der Waals surface area (Å²) in [6, 6.07) is 10.3. The molecule has 0 amide bonds. The average Bonchev–Trinajstić information content (AvgIpc) is 3.19. The average molecular weight is 292 g/mol. The SMILES string of the molecule is O=S(CCSc1nccn1C1CC1)c1ccccc1. The Morgan fingerprint density at radius 1 is 1.32 bits per heavy atom. The second-order valence-electron chi connectivity index (χ2n) is 4.56. The summed E-state index contributed by atoms with van der Waals surface area (Å²) in [4.78, 5) is 5.28. The van der Waals surface area contributed by atoms with Crippen molar-refractivity contribution < 1.29 is 4.21 Å². The lowest BCUT2D eigenvalue weighted by atomic mass is 10.4. The van der Waals surface area contributed by atoms with Gasteiger partial charge in [-0.15, -0.1) is 0 Å². The Morgan fingerprint density at radius 2 is 2.11 bits per heavy atom. The van der Waals surface area contributed by atoms with E-state index in [4.69, 9.17) is 0 Å². The van der Waals surface area contributed by atoms with Gasteiger partial charge < -0.3 is 4.57 Å². The maximum Gasteiger partial charge on any atom is 0.168 e. The molecular weight excluding hydrogens is 276 g/mol. The van der Waals surface area contributed by atoms with Gasteiger partial charge in [-0.2, -0.15) is 0 Å². The Morgan fingerprint density at radius 3 is 2.84 bits per heavy atom. The van der Waals surface area contributed by atoms with Crippen LogP contribution in [-0.4, -0.2) is 25.3 Å². The van der Waals surface area contributed by atoms with Crippen LogP contribution in [0.1, 0.15) is 18.9 Å². The number of aromatic nitrogens is 2. The fourth-order valence-corrected chi connectivity index (χ4v) is 4.25. The summed E-state index contributed by atoms with van der Waals surface area (Å²) in [5.41, 5.74) is 0. The maximum atomic E-state index is 12.1. The molecule has 0 bridgehead atoms. The smallest absolute Gasteiger partial charge is 0.168 e. The third-order valence-electron chi connectivity index (χ3n) is 3.08. The molecule has 1 unspecified atom stereocenters. The minimum Gasteiger partial charge on any atom is -0.323 e. The van der Waals surface area contributed by atoms with E-state index in [9.17, 15) is 4.21 Å². The van der Waals surface area contributed by atoms with Gasteiger partial charge in [-0.05, 0) is 25.0 Å². The van der Waals surface area contributed by atoms with E-state index in [0.717, 1.165) is 15.8 Å². The first-order valence-corrected chi connectivity index (χ1v) is 8.74. The van der Waals surface area contributed by atoms with E-state index < -0.39 is 10.8 Å². The molecule has 100 valence electrons. The van der Waals surface area contributed by atoms with Crippen molar-refractivity contribution in [2.45, 2.75) is 28.9 Å². The third-order valence-corrected chi connectivity index (χ3v) is 5.69. The van der Waals surface area contributed by atoms with Gasteiger partial charge in [0.15, 0.2) is 5.16 Å². The van der Waals surface area contributed by atoms with Crippen LogP contribution in [0, 0.1) is 0 Å². The Kier molecular flexibility index (Phi) is 4.03. The lowest BCUT2D eigenvalue weighted by Gasteiger charge is -2.05. The highest BCUT2D eigenvalue weighted by molar-refractivity contribution is 8.00. The molecule has 0 saturated heterocycles. The van der Waals surface area contributed by atoms with E-state index in [1.807, 2.05) is 42.7 Å². The Bertz CT molecular complexity index is 564. The van der Waals surface area contributed by atoms with Crippen LogP contribution in [0.15, 0.2) is 52.8 Å². The zero-order chi connectivity index (χ0) is 13.1. The van der Waals surface area contributed by atoms with E-state index >= 15 is 0 Å². The Balaban J connectivity index is 1.53. The zero-order valence-electron chi connectivity index (χ0n) is 10.6. The van der Waals surface area contributed by atoms with Crippen LogP contribution in [0.25, 0.3) is 0 Å². The first-order valence-electron chi connectivity index (χ1n) is 6.43. The summed E-state index contributed by atoms with van der Waals surface area (Å²) in [6.07, 6.45) is 6.43. The summed E-state index contributed by atoms with van der Waals surface area (Å²) < 4.78 is 14.3. The van der Waals surface area contributed by atoms with E-state index in [1.165, 1.54) is 12.8 Å². The van der Waals surface area contributed by atoms with Gasteiger partial charge in [-0.25, -0.2) is 4.98 Å². The van der Waals surface area contributed by atoms with E-state index in [0.29, 0.717) is 11.8 Å². The lowest BCUT2D eigenvalue weighted by Crippen LogP contribution is -2.02. The van der Waals surface area contributed by atoms with Gasteiger partial charge in [-0.1, -0.05) is 30.0 Å². The first kappa shape index (κ1) is 12.9. The molecule has 1 heterocycles. The highest BCUT2D eigenvalue weighted by Gasteiger charge is 2.25. The van der Waals surface area contributed by atoms with E-state index in [1.54, 1.807) is 11.8 Å². The molecule has 5 heteroatoms. The van der Waals surface area contributed by atoms with Crippen molar-refractivity contribution in [3.63, 3.8) is 0 Å². The number of rotatable bonds is 6. The second-order valence-corrected chi connectivity index (χ2v) is 7.19. The highest BCUT2D eigenvalue weighted by atomic mass is 32.2. The normalized spacial score (nSPS) is 16.4. The standard InChI is InChI=1S/C14H16N2OS2/c17-19(13-4-2-1-3-5-13)11-10-18-14-15-8-9-16(14)12-6-7-12/h1-5,8-9,12H,6-7,10-11H2. The first-order chi connectivity index (χ1) is 9.34. The van der Waals surface area contributed by atoms with Gasteiger partial charge >= 0.3 is 0 Å². The molecule has 1 fully saturated rings. The Hall–Kier alpha value is -1.07. The van der Waals surface area contributed by atoms with Crippen LogP contribution in [0.5, 0.6) is 0 Å². The van der Waals surface area contributed by atoms with Crippen molar-refractivity contribution in [2.24, 2.45) is 0 Å². The van der Waals surface area contributed by atoms with Crippen molar-refractivity contribution >= 4 is 22.6 Å². The fraction of sp³-hybridized carbons (Fsp3) is 0.357. The number of hydrogen-bond acceptors (Lipinski definition) is 3. The summed E-state index contributed by atoms with van der Waals surface area (Å²) in [7, 11) is -0.904. The minimum absolute atomic E-state index is 0.657. The molecular formula is C14H16N2OS2. The van der Waals surface area contributed by atoms with Gasteiger partial charge in [0.25, 0.3) is 0 Å². The molecule has 0 spiro atoms. The molecule has 3 rings (SSSR count). The summed E-state index contributed by atoms with van der Waals surface area (Å²) in [5.74, 6) is 1.51. The molecule has 2 aromatic rings. The number of benzene rings is 1. The molecule has 3 nitrogen and oxygen atoms in total. The molecule has 1 aliphatic carbocycles. The predicted molar refractivity (Wildman–Crippen MR) is 78.9 cm³/mol. The van der Waals surface area contributed by atoms with Crippen molar-refractivity contribution in [3.05, 3.63) is 42.7 Å². The van der Waals surface area contributed by atoms with Crippen LogP contribution in [0.3, 0.4) is 0 Å². The molecule has 1 saturated carbocycles. The predicted octanol–water partition coefficient (Wildman–Crippen LogP) is 3.12. The second kappa shape index (κ2) is 5.92. The van der Waals surface area contributed by atoms with Crippen LogP contribution in [0.4, 0.5) is 0 Å². The lowest BCUT2D eigenvalue weighted by molar-refractivity contribution is 0.663. The third kappa shape index (κ3) is 3.28. The summed E-state index contributed by atoms with van der Waals surface area (Å²) in [5, 5.41) is 1.06. The van der Waals surface area contributed by atoms with Crippen LogP contribution >= 0.6 is 11.8 Å². The molecule has 19 heavy (non-hydrogen) atoms. The quantitative estimate of drug-likeness (QED) is 0.767. The molecule has 0 aliphatic heterocycles. The van der Waals surface area contributed by atoms with Gasteiger partial charge in [0, 0.05) is 34.8 Å². The van der Waals surface area contributed by atoms with E-state index in [-0.39, 0.29) is 0 Å². The monoisotopic (exact) mass is 292 g/mol. The van der Waals surface area contributed by atoms with Crippen molar-refractivity contribution in [2.75, 3.05) is 11.5 Å².